The van der Waals surface area contributed by atoms with E-state index in [1.54, 1.807) is 6.92 Å². The van der Waals surface area contributed by atoms with Crippen molar-refractivity contribution < 1.29 is 27.8 Å². The largest absolute Gasteiger partial charge is 0.416 e. The lowest BCUT2D eigenvalue weighted by Crippen LogP contribution is -2.36. The molecule has 29 heavy (non-hydrogen) atoms. The number of hydrogen-bond acceptors (Lipinski definition) is 5. The summed E-state index contributed by atoms with van der Waals surface area (Å²) >= 11 is 0. The molecule has 2 aromatic rings. The maximum absolute atomic E-state index is 12.9. The fourth-order valence-electron chi connectivity index (χ4n) is 2.77. The van der Waals surface area contributed by atoms with Crippen LogP contribution in [0.2, 0.25) is 0 Å². The predicted octanol–water partition coefficient (Wildman–Crippen LogP) is 1.53. The van der Waals surface area contributed by atoms with Crippen molar-refractivity contribution in [3.8, 4) is 11.4 Å². The zero-order chi connectivity index (χ0) is 21.6. The van der Waals surface area contributed by atoms with E-state index >= 15 is 0 Å². The first kappa shape index (κ1) is 22.6. The standard InChI is InChI=1S/C19H22F3N3O4/c1-12-15(7-9-26)18(28)25(11-16(27)23-8-10-29-2)17(24-12)13-3-5-14(6-4-13)19(20,21)22/h3-6,26H,7-11H2,1-2H3,(H,23,27). The van der Waals surface area contributed by atoms with Gasteiger partial charge in [0.15, 0.2) is 0 Å². The van der Waals surface area contributed by atoms with Crippen molar-refractivity contribution in [2.75, 3.05) is 26.9 Å². The Labute approximate surface area is 165 Å². The van der Waals surface area contributed by atoms with E-state index in [0.29, 0.717) is 5.69 Å². The zero-order valence-corrected chi connectivity index (χ0v) is 16.0. The molecule has 0 unspecified atom stereocenters. The molecule has 0 bridgehead atoms. The summed E-state index contributed by atoms with van der Waals surface area (Å²) in [5.41, 5.74) is -0.509. The number of ether oxygens (including phenoxy) is 1. The Morgan fingerprint density at radius 3 is 2.48 bits per heavy atom. The second-order valence-corrected chi connectivity index (χ2v) is 6.28. The summed E-state index contributed by atoms with van der Waals surface area (Å²) in [6.07, 6.45) is -4.44. The topological polar surface area (TPSA) is 93.4 Å². The minimum absolute atomic E-state index is 0.0518. The van der Waals surface area contributed by atoms with Gasteiger partial charge in [-0.05, 0) is 19.1 Å². The number of halogens is 3. The number of aryl methyl sites for hydroxylation is 1. The van der Waals surface area contributed by atoms with Crippen LogP contribution in [-0.4, -0.2) is 47.4 Å². The number of rotatable bonds is 8. The number of amides is 1. The summed E-state index contributed by atoms with van der Waals surface area (Å²) in [5.74, 6) is -0.400. The molecule has 0 radical (unpaired) electrons. The summed E-state index contributed by atoms with van der Waals surface area (Å²) in [4.78, 5) is 29.4. The molecule has 1 aromatic carbocycles. The Morgan fingerprint density at radius 1 is 1.28 bits per heavy atom. The smallest absolute Gasteiger partial charge is 0.396 e. The van der Waals surface area contributed by atoms with Crippen LogP contribution in [0.4, 0.5) is 13.2 Å². The highest BCUT2D eigenvalue weighted by atomic mass is 19.4. The number of aromatic nitrogens is 2. The van der Waals surface area contributed by atoms with Gasteiger partial charge < -0.3 is 15.2 Å². The molecule has 0 aliphatic heterocycles. The molecule has 1 aromatic heterocycles. The van der Waals surface area contributed by atoms with E-state index in [1.165, 1.54) is 19.2 Å². The van der Waals surface area contributed by atoms with E-state index in [0.717, 1.165) is 16.7 Å². The number of alkyl halides is 3. The SMILES string of the molecule is COCCNC(=O)Cn1c(-c2ccc(C(F)(F)F)cc2)nc(C)c(CCO)c1=O. The van der Waals surface area contributed by atoms with E-state index in [9.17, 15) is 27.9 Å². The van der Waals surface area contributed by atoms with Crippen LogP contribution in [0.1, 0.15) is 16.8 Å². The van der Waals surface area contributed by atoms with Gasteiger partial charge in [-0.3, -0.25) is 14.2 Å². The van der Waals surface area contributed by atoms with Gasteiger partial charge in [-0.25, -0.2) is 4.98 Å². The van der Waals surface area contributed by atoms with Crippen LogP contribution in [-0.2, 0) is 28.7 Å². The number of methoxy groups -OCH3 is 1. The van der Waals surface area contributed by atoms with Crippen molar-refractivity contribution in [3.05, 3.63) is 51.4 Å². The molecule has 2 N–H and O–H groups in total. The van der Waals surface area contributed by atoms with E-state index in [4.69, 9.17) is 4.74 Å². The van der Waals surface area contributed by atoms with Crippen molar-refractivity contribution in [1.29, 1.82) is 0 Å². The fourth-order valence-corrected chi connectivity index (χ4v) is 2.77. The quantitative estimate of drug-likeness (QED) is 0.641. The lowest BCUT2D eigenvalue weighted by atomic mass is 10.1. The van der Waals surface area contributed by atoms with Gasteiger partial charge in [-0.2, -0.15) is 13.2 Å². The normalized spacial score (nSPS) is 11.5. The minimum Gasteiger partial charge on any atom is -0.396 e. The summed E-state index contributed by atoms with van der Waals surface area (Å²) in [6, 6.07) is 4.19. The number of nitrogens with one attached hydrogen (secondary N) is 1. The Bertz CT molecular complexity index is 909. The Kier molecular flexibility index (Phi) is 7.52. The van der Waals surface area contributed by atoms with Gasteiger partial charge in [0.05, 0.1) is 12.2 Å². The van der Waals surface area contributed by atoms with Crippen molar-refractivity contribution in [1.82, 2.24) is 14.9 Å². The van der Waals surface area contributed by atoms with Gasteiger partial charge in [0.25, 0.3) is 5.56 Å². The van der Waals surface area contributed by atoms with Crippen LogP contribution in [0, 0.1) is 6.92 Å². The zero-order valence-electron chi connectivity index (χ0n) is 16.0. The number of nitrogens with zero attached hydrogens (tertiary/aromatic N) is 2. The molecular formula is C19H22F3N3O4. The van der Waals surface area contributed by atoms with E-state index in [1.807, 2.05) is 0 Å². The van der Waals surface area contributed by atoms with Crippen LogP contribution in [0.25, 0.3) is 11.4 Å². The first-order valence-electron chi connectivity index (χ1n) is 8.83. The van der Waals surface area contributed by atoms with Crippen LogP contribution >= 0.6 is 0 Å². The second-order valence-electron chi connectivity index (χ2n) is 6.28. The van der Waals surface area contributed by atoms with Crippen molar-refractivity contribution in [2.24, 2.45) is 0 Å². The molecule has 0 saturated heterocycles. The first-order valence-corrected chi connectivity index (χ1v) is 8.83. The molecule has 0 saturated carbocycles. The van der Waals surface area contributed by atoms with Gasteiger partial charge in [-0.1, -0.05) is 12.1 Å². The monoisotopic (exact) mass is 413 g/mol. The fraction of sp³-hybridized carbons (Fsp3) is 0.421. The molecule has 0 aliphatic rings. The van der Waals surface area contributed by atoms with Gasteiger partial charge in [0, 0.05) is 43.5 Å². The minimum atomic E-state index is -4.49. The summed E-state index contributed by atoms with van der Waals surface area (Å²) in [7, 11) is 1.48. The van der Waals surface area contributed by atoms with Crippen molar-refractivity contribution >= 4 is 5.91 Å². The molecule has 0 aliphatic carbocycles. The molecule has 2 rings (SSSR count). The molecular weight excluding hydrogens is 391 g/mol. The molecule has 10 heteroatoms. The lowest BCUT2D eigenvalue weighted by Gasteiger charge is -2.16. The third kappa shape index (κ3) is 5.64. The third-order valence-corrected chi connectivity index (χ3v) is 4.23. The average Bonchev–Trinajstić information content (AvgIpc) is 2.67. The molecule has 0 fully saturated rings. The van der Waals surface area contributed by atoms with Crippen LogP contribution < -0.4 is 10.9 Å². The highest BCUT2D eigenvalue weighted by Crippen LogP contribution is 2.30. The van der Waals surface area contributed by atoms with Gasteiger partial charge >= 0.3 is 6.18 Å². The number of aliphatic hydroxyl groups excluding tert-OH is 1. The van der Waals surface area contributed by atoms with Gasteiger partial charge in [0.2, 0.25) is 5.91 Å². The molecule has 1 heterocycles. The van der Waals surface area contributed by atoms with E-state index < -0.39 is 23.2 Å². The van der Waals surface area contributed by atoms with E-state index in [-0.39, 0.29) is 49.7 Å². The molecule has 7 nitrogen and oxygen atoms in total. The predicted molar refractivity (Wildman–Crippen MR) is 99.3 cm³/mol. The summed E-state index contributed by atoms with van der Waals surface area (Å²) in [5, 5.41) is 11.8. The average molecular weight is 413 g/mol. The van der Waals surface area contributed by atoms with Crippen LogP contribution in [0.15, 0.2) is 29.1 Å². The van der Waals surface area contributed by atoms with E-state index in [2.05, 4.69) is 10.3 Å². The Balaban J connectivity index is 2.49. The van der Waals surface area contributed by atoms with Crippen LogP contribution in [0.5, 0.6) is 0 Å². The van der Waals surface area contributed by atoms with Crippen molar-refractivity contribution in [3.63, 3.8) is 0 Å². The molecule has 0 atom stereocenters. The third-order valence-electron chi connectivity index (χ3n) is 4.23. The Morgan fingerprint density at radius 2 is 1.93 bits per heavy atom. The summed E-state index contributed by atoms with van der Waals surface area (Å²) in [6.45, 7) is 1.45. The maximum Gasteiger partial charge on any atom is 0.416 e. The number of carbonyl (C=O) groups is 1. The number of carbonyl (C=O) groups excluding carboxylic acids is 1. The van der Waals surface area contributed by atoms with Crippen LogP contribution in [0.3, 0.4) is 0 Å². The van der Waals surface area contributed by atoms with Crippen molar-refractivity contribution in [2.45, 2.75) is 26.1 Å². The number of aliphatic hydroxyl groups is 1. The Hall–Kier alpha value is -2.72. The highest BCUT2D eigenvalue weighted by Gasteiger charge is 2.30. The lowest BCUT2D eigenvalue weighted by molar-refractivity contribution is -0.137. The molecule has 158 valence electrons. The summed E-state index contributed by atoms with van der Waals surface area (Å²) < 4.78 is 44.4. The molecule has 1 amide bonds. The highest BCUT2D eigenvalue weighted by molar-refractivity contribution is 5.76. The second kappa shape index (κ2) is 9.66. The van der Waals surface area contributed by atoms with Gasteiger partial charge in [-0.15, -0.1) is 0 Å². The number of hydrogen-bond donors (Lipinski definition) is 2. The first-order chi connectivity index (χ1) is 13.7. The maximum atomic E-state index is 12.9. The van der Waals surface area contributed by atoms with Gasteiger partial charge in [0.1, 0.15) is 12.4 Å². The molecule has 0 spiro atoms. The number of benzene rings is 1.